The minimum Gasteiger partial charge on any atom is -0.378 e. The number of hydrogen-bond donors (Lipinski definition) is 2. The Hall–Kier alpha value is -3.15. The Labute approximate surface area is 184 Å². The van der Waals surface area contributed by atoms with E-state index in [0.29, 0.717) is 6.54 Å². The van der Waals surface area contributed by atoms with Crippen LogP contribution in [0.5, 0.6) is 0 Å². The van der Waals surface area contributed by atoms with Gasteiger partial charge in [-0.15, -0.1) is 0 Å². The number of carbonyl (C=O) groups excluding carboxylic acids is 1. The summed E-state index contributed by atoms with van der Waals surface area (Å²) in [5, 5.41) is 5.12. The number of morpholine rings is 1. The Morgan fingerprint density at radius 2 is 1.58 bits per heavy atom. The van der Waals surface area contributed by atoms with Gasteiger partial charge in [0, 0.05) is 35.6 Å². The van der Waals surface area contributed by atoms with Crippen molar-refractivity contribution in [1.82, 2.24) is 0 Å². The third-order valence-corrected chi connectivity index (χ3v) is 5.66. The average molecular weight is 417 g/mol. The number of nitrogens with two attached hydrogens (primary N) is 1. The van der Waals surface area contributed by atoms with Crippen LogP contribution < -0.4 is 15.5 Å². The van der Waals surface area contributed by atoms with Crippen molar-refractivity contribution in [3.8, 4) is 0 Å². The lowest BCUT2D eigenvalue weighted by molar-refractivity contribution is -0.676. The van der Waals surface area contributed by atoms with Gasteiger partial charge in [0.15, 0.2) is 6.54 Å². The van der Waals surface area contributed by atoms with Gasteiger partial charge in [-0.05, 0) is 31.2 Å². The third-order valence-electron chi connectivity index (χ3n) is 5.66. The second-order valence-corrected chi connectivity index (χ2v) is 7.93. The first-order chi connectivity index (χ1) is 15.2. The number of nitrogens with one attached hydrogen (secondary N) is 1. The molecule has 1 saturated heterocycles. The number of benzene rings is 3. The number of quaternary nitrogens is 1. The zero-order chi connectivity index (χ0) is 21.5. The number of aryl methyl sites for hydroxylation is 1. The molecule has 1 atom stereocenters. The van der Waals surface area contributed by atoms with Crippen LogP contribution in [0.4, 0.5) is 11.4 Å². The molecular formula is C26H30N3O2+. The van der Waals surface area contributed by atoms with E-state index in [1.807, 2.05) is 30.3 Å². The van der Waals surface area contributed by atoms with E-state index < -0.39 is 0 Å². The van der Waals surface area contributed by atoms with Gasteiger partial charge in [0.2, 0.25) is 0 Å². The summed E-state index contributed by atoms with van der Waals surface area (Å²) < 4.78 is 5.41. The van der Waals surface area contributed by atoms with E-state index in [1.54, 1.807) is 0 Å². The first-order valence-electron chi connectivity index (χ1n) is 10.9. The van der Waals surface area contributed by atoms with Crippen LogP contribution >= 0.6 is 0 Å². The molecule has 1 aliphatic heterocycles. The Kier molecular flexibility index (Phi) is 6.97. The molecule has 5 nitrogen and oxygen atoms in total. The monoisotopic (exact) mass is 416 g/mol. The van der Waals surface area contributed by atoms with Crippen LogP contribution in [0.1, 0.15) is 22.7 Å². The van der Waals surface area contributed by atoms with Crippen molar-refractivity contribution in [2.75, 3.05) is 43.1 Å². The molecule has 0 bridgehead atoms. The van der Waals surface area contributed by atoms with Gasteiger partial charge in [-0.2, -0.15) is 0 Å². The topological polar surface area (TPSA) is 58.2 Å². The van der Waals surface area contributed by atoms with Crippen molar-refractivity contribution in [2.24, 2.45) is 0 Å². The zero-order valence-corrected chi connectivity index (χ0v) is 18.0. The van der Waals surface area contributed by atoms with Crippen LogP contribution in [0, 0.1) is 6.92 Å². The van der Waals surface area contributed by atoms with E-state index in [1.165, 1.54) is 16.7 Å². The van der Waals surface area contributed by atoms with E-state index >= 15 is 0 Å². The van der Waals surface area contributed by atoms with E-state index in [-0.39, 0.29) is 11.9 Å². The highest BCUT2D eigenvalue weighted by atomic mass is 16.5. The molecule has 5 heteroatoms. The SMILES string of the molecule is Cc1ccc([C@H]([NH2+]CC(=O)Nc2ccc(N3CCOCC3)cc2)c2ccccc2)cc1. The van der Waals surface area contributed by atoms with Crippen molar-refractivity contribution in [3.63, 3.8) is 0 Å². The molecule has 3 aromatic rings. The lowest BCUT2D eigenvalue weighted by Crippen LogP contribution is -2.87. The summed E-state index contributed by atoms with van der Waals surface area (Å²) in [5.74, 6) is -0.00725. The molecule has 0 spiro atoms. The second-order valence-electron chi connectivity index (χ2n) is 7.93. The maximum absolute atomic E-state index is 12.7. The summed E-state index contributed by atoms with van der Waals surface area (Å²) in [6, 6.07) is 27.0. The van der Waals surface area contributed by atoms with Crippen molar-refractivity contribution < 1.29 is 14.8 Å². The smallest absolute Gasteiger partial charge is 0.279 e. The fourth-order valence-electron chi connectivity index (χ4n) is 3.91. The zero-order valence-electron chi connectivity index (χ0n) is 18.0. The number of rotatable bonds is 7. The van der Waals surface area contributed by atoms with Crippen LogP contribution in [0.25, 0.3) is 0 Å². The van der Waals surface area contributed by atoms with Crippen LogP contribution in [0.15, 0.2) is 78.9 Å². The fourth-order valence-corrected chi connectivity index (χ4v) is 3.91. The number of hydrogen-bond acceptors (Lipinski definition) is 3. The molecular weight excluding hydrogens is 386 g/mol. The summed E-state index contributed by atoms with van der Waals surface area (Å²) in [5.41, 5.74) is 5.60. The van der Waals surface area contributed by atoms with Gasteiger partial charge >= 0.3 is 0 Å². The van der Waals surface area contributed by atoms with Crippen molar-refractivity contribution in [1.29, 1.82) is 0 Å². The number of carbonyl (C=O) groups is 1. The van der Waals surface area contributed by atoms with Gasteiger partial charge in [0.25, 0.3) is 5.91 Å². The molecule has 4 rings (SSSR count). The van der Waals surface area contributed by atoms with E-state index in [9.17, 15) is 4.79 Å². The summed E-state index contributed by atoms with van der Waals surface area (Å²) in [7, 11) is 0. The largest absolute Gasteiger partial charge is 0.378 e. The predicted molar refractivity (Wildman–Crippen MR) is 124 cm³/mol. The maximum atomic E-state index is 12.7. The highest BCUT2D eigenvalue weighted by Crippen LogP contribution is 2.20. The Morgan fingerprint density at radius 1 is 0.935 bits per heavy atom. The number of nitrogens with zero attached hydrogens (tertiary/aromatic N) is 1. The summed E-state index contributed by atoms with van der Waals surface area (Å²) in [6.07, 6.45) is 0. The van der Waals surface area contributed by atoms with Crippen molar-refractivity contribution in [3.05, 3.63) is 95.6 Å². The van der Waals surface area contributed by atoms with Crippen LogP contribution in [-0.2, 0) is 9.53 Å². The molecule has 160 valence electrons. The summed E-state index contributed by atoms with van der Waals surface area (Å²) in [6.45, 7) is 5.76. The predicted octanol–water partition coefficient (Wildman–Crippen LogP) is 3.12. The van der Waals surface area contributed by atoms with Crippen LogP contribution in [0.2, 0.25) is 0 Å². The number of amides is 1. The van der Waals surface area contributed by atoms with Crippen molar-refractivity contribution in [2.45, 2.75) is 13.0 Å². The molecule has 1 fully saturated rings. The second kappa shape index (κ2) is 10.2. The lowest BCUT2D eigenvalue weighted by Gasteiger charge is -2.28. The van der Waals surface area contributed by atoms with Gasteiger partial charge in [-0.25, -0.2) is 0 Å². The minimum absolute atomic E-state index is 0.00725. The first-order valence-corrected chi connectivity index (χ1v) is 10.9. The highest BCUT2D eigenvalue weighted by molar-refractivity contribution is 5.91. The van der Waals surface area contributed by atoms with E-state index in [0.717, 1.165) is 37.7 Å². The van der Waals surface area contributed by atoms with Crippen molar-refractivity contribution >= 4 is 17.3 Å². The fraction of sp³-hybridized carbons (Fsp3) is 0.269. The summed E-state index contributed by atoms with van der Waals surface area (Å²) >= 11 is 0. The van der Waals surface area contributed by atoms with Gasteiger partial charge in [0.05, 0.1) is 13.2 Å². The van der Waals surface area contributed by atoms with Gasteiger partial charge < -0.3 is 20.3 Å². The minimum atomic E-state index is -0.00725. The number of ether oxygens (including phenoxy) is 1. The lowest BCUT2D eigenvalue weighted by atomic mass is 9.98. The molecule has 0 aromatic heterocycles. The van der Waals surface area contributed by atoms with E-state index in [4.69, 9.17) is 4.74 Å². The quantitative estimate of drug-likeness (QED) is 0.622. The molecule has 1 heterocycles. The standard InChI is InChI=1S/C26H29N3O2/c1-20-7-9-22(10-8-20)26(21-5-3-2-4-6-21)27-19-25(30)28-23-11-13-24(14-12-23)29-15-17-31-18-16-29/h2-14,26-27H,15-19H2,1H3,(H,28,30)/p+1/t26-/m1/s1. The van der Waals surface area contributed by atoms with Gasteiger partial charge in [-0.3, -0.25) is 4.79 Å². The maximum Gasteiger partial charge on any atom is 0.279 e. The van der Waals surface area contributed by atoms with Crippen LogP contribution in [-0.4, -0.2) is 38.8 Å². The molecule has 31 heavy (non-hydrogen) atoms. The first kappa shape index (κ1) is 21.1. The molecule has 1 aliphatic rings. The Bertz CT molecular complexity index is 966. The molecule has 0 aliphatic carbocycles. The normalized spacial score (nSPS) is 14.8. The highest BCUT2D eigenvalue weighted by Gasteiger charge is 2.19. The Morgan fingerprint density at radius 3 is 2.26 bits per heavy atom. The Balaban J connectivity index is 1.38. The van der Waals surface area contributed by atoms with E-state index in [2.05, 4.69) is 71.0 Å². The third kappa shape index (κ3) is 5.72. The van der Waals surface area contributed by atoms with Crippen LogP contribution in [0.3, 0.4) is 0 Å². The van der Waals surface area contributed by atoms with Gasteiger partial charge in [0.1, 0.15) is 6.04 Å². The molecule has 3 N–H and O–H groups in total. The molecule has 0 radical (unpaired) electrons. The molecule has 3 aromatic carbocycles. The molecule has 0 unspecified atom stereocenters. The summed E-state index contributed by atoms with van der Waals surface area (Å²) in [4.78, 5) is 15.0. The average Bonchev–Trinajstić information content (AvgIpc) is 2.82. The molecule has 0 saturated carbocycles. The molecule has 1 amide bonds. The number of anilines is 2. The van der Waals surface area contributed by atoms with Gasteiger partial charge in [-0.1, -0.05) is 60.2 Å².